The van der Waals surface area contributed by atoms with Gasteiger partial charge in [-0.05, 0) is 36.8 Å². The molecule has 0 bridgehead atoms. The molecule has 2 aromatic rings. The van der Waals surface area contributed by atoms with Crippen LogP contribution in [0.1, 0.15) is 16.8 Å². The molecule has 0 unspecified atom stereocenters. The molecule has 0 aliphatic carbocycles. The molecule has 1 heterocycles. The van der Waals surface area contributed by atoms with Crippen molar-refractivity contribution in [1.29, 1.82) is 5.26 Å². The number of pyridine rings is 1. The lowest BCUT2D eigenvalue weighted by Gasteiger charge is -2.08. The highest BCUT2D eigenvalue weighted by atomic mass is 79.9. The van der Waals surface area contributed by atoms with Gasteiger partial charge in [-0.25, -0.2) is 0 Å². The van der Waals surface area contributed by atoms with Gasteiger partial charge in [-0.15, -0.1) is 0 Å². The molecule has 0 atom stereocenters. The molecule has 0 saturated heterocycles. The molecule has 3 nitrogen and oxygen atoms in total. The van der Waals surface area contributed by atoms with Gasteiger partial charge in [0, 0.05) is 16.4 Å². The largest absolute Gasteiger partial charge is 0.379 e. The highest BCUT2D eigenvalue weighted by Gasteiger charge is 2.01. The molecular formula is C14H12BrN3. The topological polar surface area (TPSA) is 48.7 Å². The number of hydrogen-bond donors (Lipinski definition) is 1. The molecule has 0 aliphatic heterocycles. The van der Waals surface area contributed by atoms with E-state index in [-0.39, 0.29) is 0 Å². The van der Waals surface area contributed by atoms with Crippen molar-refractivity contribution in [1.82, 2.24) is 4.98 Å². The van der Waals surface area contributed by atoms with Crippen LogP contribution in [0.15, 0.2) is 41.0 Å². The Hall–Kier alpha value is -1.86. The average molecular weight is 302 g/mol. The summed E-state index contributed by atoms with van der Waals surface area (Å²) in [5.41, 5.74) is 3.70. The maximum absolute atomic E-state index is 8.90. The summed E-state index contributed by atoms with van der Waals surface area (Å²) in [6, 6.07) is 11.6. The molecule has 90 valence electrons. The zero-order valence-electron chi connectivity index (χ0n) is 9.94. The Bertz CT molecular complexity index is 602. The number of nitrogens with one attached hydrogen (secondary N) is 1. The number of rotatable bonds is 3. The summed E-state index contributed by atoms with van der Waals surface area (Å²) in [5.74, 6) is 0. The van der Waals surface area contributed by atoms with Gasteiger partial charge >= 0.3 is 0 Å². The maximum atomic E-state index is 8.90. The summed E-state index contributed by atoms with van der Waals surface area (Å²) < 4.78 is 0.891. The molecule has 0 amide bonds. The first-order valence-electron chi connectivity index (χ1n) is 5.54. The molecule has 0 saturated carbocycles. The molecule has 0 aliphatic rings. The summed E-state index contributed by atoms with van der Waals surface area (Å²) in [7, 11) is 0. The third kappa shape index (κ3) is 3.08. The van der Waals surface area contributed by atoms with Crippen LogP contribution in [0.3, 0.4) is 0 Å². The molecule has 0 fully saturated rings. The van der Waals surface area contributed by atoms with Crippen LogP contribution in [0.4, 0.5) is 5.69 Å². The van der Waals surface area contributed by atoms with Gasteiger partial charge < -0.3 is 5.32 Å². The van der Waals surface area contributed by atoms with Gasteiger partial charge in [-0.1, -0.05) is 22.0 Å². The Morgan fingerprint density at radius 1 is 1.39 bits per heavy atom. The number of aromatic nitrogens is 1. The second-order valence-corrected chi connectivity index (χ2v) is 4.88. The fourth-order valence-electron chi connectivity index (χ4n) is 1.65. The number of nitriles is 1. The fraction of sp³-hybridized carbons (Fsp3) is 0.143. The van der Waals surface area contributed by atoms with Crippen molar-refractivity contribution < 1.29 is 0 Å². The molecule has 0 spiro atoms. The van der Waals surface area contributed by atoms with Gasteiger partial charge in [0.15, 0.2) is 0 Å². The normalized spacial score (nSPS) is 9.83. The molecular weight excluding hydrogens is 290 g/mol. The minimum atomic E-state index is 0.629. The molecule has 4 heteroatoms. The van der Waals surface area contributed by atoms with E-state index in [4.69, 9.17) is 5.26 Å². The molecule has 1 N–H and O–H groups in total. The van der Waals surface area contributed by atoms with E-state index in [1.807, 2.05) is 31.2 Å². The minimum Gasteiger partial charge on any atom is -0.379 e. The highest BCUT2D eigenvalue weighted by Crippen LogP contribution is 2.19. The van der Waals surface area contributed by atoms with Crippen LogP contribution in [-0.2, 0) is 6.54 Å². The number of halogens is 1. The van der Waals surface area contributed by atoms with Crippen molar-refractivity contribution in [3.8, 4) is 6.07 Å². The van der Waals surface area contributed by atoms with Crippen LogP contribution in [0.5, 0.6) is 0 Å². The highest BCUT2D eigenvalue weighted by molar-refractivity contribution is 9.10. The van der Waals surface area contributed by atoms with Crippen molar-refractivity contribution in [3.63, 3.8) is 0 Å². The van der Waals surface area contributed by atoms with Crippen molar-refractivity contribution in [2.24, 2.45) is 0 Å². The SMILES string of the molecule is Cc1cccnc1CNc1cc(Br)cc(C#N)c1. The zero-order chi connectivity index (χ0) is 13.0. The van der Waals surface area contributed by atoms with Crippen molar-refractivity contribution in [2.75, 3.05) is 5.32 Å². The van der Waals surface area contributed by atoms with Crippen LogP contribution in [0, 0.1) is 18.3 Å². The van der Waals surface area contributed by atoms with Crippen LogP contribution >= 0.6 is 15.9 Å². The Balaban J connectivity index is 2.14. The molecule has 1 aromatic carbocycles. The van der Waals surface area contributed by atoms with Gasteiger partial charge in [-0.2, -0.15) is 5.26 Å². The van der Waals surface area contributed by atoms with E-state index < -0.39 is 0 Å². The van der Waals surface area contributed by atoms with E-state index in [1.54, 1.807) is 12.3 Å². The average Bonchev–Trinajstić information content (AvgIpc) is 2.37. The molecule has 1 aromatic heterocycles. The Labute approximate surface area is 115 Å². The van der Waals surface area contributed by atoms with Crippen LogP contribution < -0.4 is 5.32 Å². The number of aryl methyl sites for hydroxylation is 1. The number of benzene rings is 1. The van der Waals surface area contributed by atoms with Gasteiger partial charge in [-0.3, -0.25) is 4.98 Å². The van der Waals surface area contributed by atoms with Gasteiger partial charge in [0.2, 0.25) is 0 Å². The summed E-state index contributed by atoms with van der Waals surface area (Å²) in [6.07, 6.45) is 1.78. The predicted molar refractivity (Wildman–Crippen MR) is 75.2 cm³/mol. The lowest BCUT2D eigenvalue weighted by molar-refractivity contribution is 1.02. The van der Waals surface area contributed by atoms with Crippen molar-refractivity contribution in [3.05, 3.63) is 57.8 Å². The quantitative estimate of drug-likeness (QED) is 0.941. The van der Waals surface area contributed by atoms with Crippen molar-refractivity contribution in [2.45, 2.75) is 13.5 Å². The van der Waals surface area contributed by atoms with E-state index in [1.165, 1.54) is 0 Å². The van der Waals surface area contributed by atoms with Crippen molar-refractivity contribution >= 4 is 21.6 Å². The minimum absolute atomic E-state index is 0.629. The Morgan fingerprint density at radius 2 is 2.22 bits per heavy atom. The number of anilines is 1. The standard InChI is InChI=1S/C14H12BrN3/c1-10-3-2-4-17-14(10)9-18-13-6-11(8-16)5-12(15)7-13/h2-7,18H,9H2,1H3. The van der Waals surface area contributed by atoms with E-state index in [0.717, 1.165) is 21.4 Å². The summed E-state index contributed by atoms with van der Waals surface area (Å²) in [4.78, 5) is 4.32. The molecule has 2 rings (SSSR count). The van der Waals surface area contributed by atoms with Crippen LogP contribution in [0.25, 0.3) is 0 Å². The first-order chi connectivity index (χ1) is 8.69. The van der Waals surface area contributed by atoms with Crippen LogP contribution in [0.2, 0.25) is 0 Å². The zero-order valence-corrected chi connectivity index (χ0v) is 11.5. The second kappa shape index (κ2) is 5.65. The van der Waals surface area contributed by atoms with Gasteiger partial charge in [0.25, 0.3) is 0 Å². The molecule has 0 radical (unpaired) electrons. The summed E-state index contributed by atoms with van der Waals surface area (Å²) in [6.45, 7) is 2.68. The molecule has 18 heavy (non-hydrogen) atoms. The fourth-order valence-corrected chi connectivity index (χ4v) is 2.14. The summed E-state index contributed by atoms with van der Waals surface area (Å²) >= 11 is 3.39. The lowest BCUT2D eigenvalue weighted by Crippen LogP contribution is -2.03. The number of nitrogens with zero attached hydrogens (tertiary/aromatic N) is 2. The first kappa shape index (κ1) is 12.6. The predicted octanol–water partition coefficient (Wildman–Crippen LogP) is 3.64. The van der Waals surface area contributed by atoms with Gasteiger partial charge in [0.05, 0.1) is 23.9 Å². The third-order valence-corrected chi connectivity index (χ3v) is 3.06. The van der Waals surface area contributed by atoms with Gasteiger partial charge in [0.1, 0.15) is 0 Å². The van der Waals surface area contributed by atoms with E-state index in [0.29, 0.717) is 12.1 Å². The monoisotopic (exact) mass is 301 g/mol. The number of hydrogen-bond acceptors (Lipinski definition) is 3. The Kier molecular flexibility index (Phi) is 3.96. The van der Waals surface area contributed by atoms with E-state index >= 15 is 0 Å². The van der Waals surface area contributed by atoms with E-state index in [9.17, 15) is 0 Å². The lowest BCUT2D eigenvalue weighted by atomic mass is 10.2. The third-order valence-electron chi connectivity index (χ3n) is 2.60. The van der Waals surface area contributed by atoms with E-state index in [2.05, 4.69) is 32.3 Å². The van der Waals surface area contributed by atoms with Crippen LogP contribution in [-0.4, -0.2) is 4.98 Å². The maximum Gasteiger partial charge on any atom is 0.0992 e. The smallest absolute Gasteiger partial charge is 0.0992 e. The summed E-state index contributed by atoms with van der Waals surface area (Å²) in [5, 5.41) is 12.2. The first-order valence-corrected chi connectivity index (χ1v) is 6.33. The Morgan fingerprint density at radius 3 is 2.94 bits per heavy atom. The second-order valence-electron chi connectivity index (χ2n) is 3.96.